The lowest BCUT2D eigenvalue weighted by molar-refractivity contribution is -0.137. The third kappa shape index (κ3) is 2.34. The second kappa shape index (κ2) is 4.88. The Hall–Kier alpha value is -1.35. The minimum Gasteiger partial charge on any atom is -0.296 e. The van der Waals surface area contributed by atoms with Crippen molar-refractivity contribution in [2.45, 2.75) is 25.7 Å². The fourth-order valence-electron chi connectivity index (χ4n) is 2.38. The molecule has 1 aliphatic rings. The second-order valence-corrected chi connectivity index (χ2v) is 4.67. The van der Waals surface area contributed by atoms with E-state index in [0.717, 1.165) is 5.56 Å². The van der Waals surface area contributed by atoms with Gasteiger partial charge in [-0.25, -0.2) is 0 Å². The zero-order valence-corrected chi connectivity index (χ0v) is 10.3. The summed E-state index contributed by atoms with van der Waals surface area (Å²) in [6.45, 7) is 1.95. The second-order valence-electron chi connectivity index (χ2n) is 4.26. The molecule has 3 nitrogen and oxygen atoms in total. The monoisotopic (exact) mass is 251 g/mol. The lowest BCUT2D eigenvalue weighted by atomic mass is 9.79. The van der Waals surface area contributed by atoms with Crippen molar-refractivity contribution in [2.75, 3.05) is 0 Å². The number of hydrogen-bond acceptors (Lipinski definition) is 2. The molecule has 90 valence electrons. The number of piperidine rings is 1. The van der Waals surface area contributed by atoms with Crippen LogP contribution in [0.25, 0.3) is 0 Å². The fraction of sp³-hybridized carbons (Fsp3) is 0.385. The van der Waals surface area contributed by atoms with Gasteiger partial charge in [0.2, 0.25) is 11.8 Å². The van der Waals surface area contributed by atoms with Crippen LogP contribution in [0.15, 0.2) is 24.3 Å². The average Bonchev–Trinajstić information content (AvgIpc) is 2.28. The maximum atomic E-state index is 11.8. The molecular weight excluding hydrogens is 238 g/mol. The molecular formula is C13H14ClNO2. The summed E-state index contributed by atoms with van der Waals surface area (Å²) in [5, 5.41) is 3.00. The largest absolute Gasteiger partial charge is 0.296 e. The van der Waals surface area contributed by atoms with Crippen molar-refractivity contribution >= 4 is 23.4 Å². The van der Waals surface area contributed by atoms with E-state index in [9.17, 15) is 9.59 Å². The molecule has 1 aromatic carbocycles. The Kier molecular flexibility index (Phi) is 3.48. The summed E-state index contributed by atoms with van der Waals surface area (Å²) in [5.74, 6) is -0.680. The van der Waals surface area contributed by atoms with Crippen LogP contribution in [0, 0.1) is 5.92 Å². The summed E-state index contributed by atoms with van der Waals surface area (Å²) >= 11 is 6.13. The highest BCUT2D eigenvalue weighted by Gasteiger charge is 2.36. The molecule has 2 atom stereocenters. The molecule has 1 heterocycles. The zero-order valence-electron chi connectivity index (χ0n) is 9.57. The smallest absolute Gasteiger partial charge is 0.230 e. The van der Waals surface area contributed by atoms with Crippen LogP contribution >= 0.6 is 11.6 Å². The predicted molar refractivity (Wildman–Crippen MR) is 65.7 cm³/mol. The van der Waals surface area contributed by atoms with Crippen LogP contribution in [-0.4, -0.2) is 11.8 Å². The van der Waals surface area contributed by atoms with Crippen molar-refractivity contribution in [1.29, 1.82) is 0 Å². The number of amides is 2. The summed E-state index contributed by atoms with van der Waals surface area (Å²) in [7, 11) is 0. The van der Waals surface area contributed by atoms with Crippen molar-refractivity contribution in [1.82, 2.24) is 5.32 Å². The Morgan fingerprint density at radius 3 is 2.71 bits per heavy atom. The first-order valence-corrected chi connectivity index (χ1v) is 6.09. The molecule has 2 rings (SSSR count). The van der Waals surface area contributed by atoms with Crippen molar-refractivity contribution in [3.05, 3.63) is 34.9 Å². The molecule has 0 aromatic heterocycles. The maximum Gasteiger partial charge on any atom is 0.230 e. The van der Waals surface area contributed by atoms with E-state index in [1.54, 1.807) is 6.07 Å². The number of imide groups is 1. The molecule has 1 N–H and O–H groups in total. The normalized spacial score (nSPS) is 24.6. The summed E-state index contributed by atoms with van der Waals surface area (Å²) in [6, 6.07) is 7.41. The molecule has 1 aliphatic heterocycles. The Bertz CT molecular complexity index is 458. The van der Waals surface area contributed by atoms with Gasteiger partial charge in [0.05, 0.1) is 0 Å². The van der Waals surface area contributed by atoms with Crippen molar-refractivity contribution in [3.63, 3.8) is 0 Å². The van der Waals surface area contributed by atoms with Gasteiger partial charge in [0.15, 0.2) is 0 Å². The van der Waals surface area contributed by atoms with Gasteiger partial charge in [0, 0.05) is 23.3 Å². The number of rotatable bonds is 2. The van der Waals surface area contributed by atoms with E-state index in [1.165, 1.54) is 0 Å². The first-order chi connectivity index (χ1) is 8.13. The molecule has 0 spiro atoms. The number of nitrogens with one attached hydrogen (secondary N) is 1. The summed E-state index contributed by atoms with van der Waals surface area (Å²) in [5.41, 5.74) is 0.893. The van der Waals surface area contributed by atoms with Gasteiger partial charge in [-0.15, -0.1) is 0 Å². The molecule has 1 aromatic rings. The zero-order chi connectivity index (χ0) is 12.4. The maximum absolute atomic E-state index is 11.8. The Labute approximate surface area is 105 Å². The minimum atomic E-state index is -0.218. The van der Waals surface area contributed by atoms with E-state index in [-0.39, 0.29) is 23.7 Å². The lowest BCUT2D eigenvalue weighted by Gasteiger charge is -2.30. The van der Waals surface area contributed by atoms with Crippen LogP contribution < -0.4 is 5.32 Å². The van der Waals surface area contributed by atoms with E-state index >= 15 is 0 Å². The van der Waals surface area contributed by atoms with Gasteiger partial charge in [-0.2, -0.15) is 0 Å². The highest BCUT2D eigenvalue weighted by molar-refractivity contribution is 6.31. The first-order valence-electron chi connectivity index (χ1n) is 5.71. The fourth-order valence-corrected chi connectivity index (χ4v) is 2.65. The molecule has 2 unspecified atom stereocenters. The summed E-state index contributed by atoms with van der Waals surface area (Å²) in [6.07, 6.45) is 1.03. The Morgan fingerprint density at radius 1 is 1.35 bits per heavy atom. The van der Waals surface area contributed by atoms with Gasteiger partial charge in [-0.05, 0) is 18.1 Å². The Morgan fingerprint density at radius 2 is 2.06 bits per heavy atom. The number of halogens is 1. The van der Waals surface area contributed by atoms with Crippen LogP contribution in [0.5, 0.6) is 0 Å². The molecule has 4 heteroatoms. The number of hydrogen-bond donors (Lipinski definition) is 1. The molecule has 0 aliphatic carbocycles. The van der Waals surface area contributed by atoms with Gasteiger partial charge in [0.25, 0.3) is 0 Å². The Balaban J connectivity index is 2.38. The van der Waals surface area contributed by atoms with Gasteiger partial charge >= 0.3 is 0 Å². The van der Waals surface area contributed by atoms with E-state index < -0.39 is 0 Å². The van der Waals surface area contributed by atoms with Crippen LogP contribution in [0.3, 0.4) is 0 Å². The predicted octanol–water partition coefficient (Wildman–Crippen LogP) is 2.50. The summed E-state index contributed by atoms with van der Waals surface area (Å²) in [4.78, 5) is 23.2. The average molecular weight is 252 g/mol. The van der Waals surface area contributed by atoms with Crippen molar-refractivity contribution < 1.29 is 9.59 Å². The lowest BCUT2D eigenvalue weighted by Crippen LogP contribution is -2.44. The van der Waals surface area contributed by atoms with E-state index in [2.05, 4.69) is 5.32 Å². The highest BCUT2D eigenvalue weighted by Crippen LogP contribution is 2.36. The number of carbonyl (C=O) groups is 2. The number of benzene rings is 1. The van der Waals surface area contributed by atoms with Crippen LogP contribution in [0.4, 0.5) is 0 Å². The van der Waals surface area contributed by atoms with Gasteiger partial charge in [-0.1, -0.05) is 36.7 Å². The SMILES string of the molecule is CCC1C(=O)NC(=O)CC1c1ccccc1Cl. The third-order valence-corrected chi connectivity index (χ3v) is 3.58. The van der Waals surface area contributed by atoms with E-state index in [1.807, 2.05) is 25.1 Å². The molecule has 17 heavy (non-hydrogen) atoms. The van der Waals surface area contributed by atoms with E-state index in [0.29, 0.717) is 17.9 Å². The quantitative estimate of drug-likeness (QED) is 0.821. The van der Waals surface area contributed by atoms with Crippen LogP contribution in [0.2, 0.25) is 5.02 Å². The number of carbonyl (C=O) groups excluding carboxylic acids is 2. The molecule has 1 saturated heterocycles. The van der Waals surface area contributed by atoms with E-state index in [4.69, 9.17) is 11.6 Å². The molecule has 0 bridgehead atoms. The molecule has 0 saturated carbocycles. The first kappa shape index (κ1) is 12.1. The molecule has 2 amide bonds. The van der Waals surface area contributed by atoms with Gasteiger partial charge in [-0.3, -0.25) is 14.9 Å². The third-order valence-electron chi connectivity index (χ3n) is 3.23. The van der Waals surface area contributed by atoms with Crippen LogP contribution in [0.1, 0.15) is 31.2 Å². The molecule has 1 fully saturated rings. The summed E-state index contributed by atoms with van der Waals surface area (Å²) < 4.78 is 0. The minimum absolute atomic E-state index is 0.102. The van der Waals surface area contributed by atoms with Crippen molar-refractivity contribution in [2.24, 2.45) is 5.92 Å². The highest BCUT2D eigenvalue weighted by atomic mass is 35.5. The van der Waals surface area contributed by atoms with Crippen molar-refractivity contribution in [3.8, 4) is 0 Å². The van der Waals surface area contributed by atoms with Gasteiger partial charge in [0.1, 0.15) is 0 Å². The standard InChI is InChI=1S/C13H14ClNO2/c1-2-8-10(7-12(16)15-13(8)17)9-5-3-4-6-11(9)14/h3-6,8,10H,2,7H2,1H3,(H,15,16,17). The molecule has 0 radical (unpaired) electrons. The topological polar surface area (TPSA) is 46.2 Å². The van der Waals surface area contributed by atoms with Gasteiger partial charge < -0.3 is 0 Å². The van der Waals surface area contributed by atoms with Crippen LogP contribution in [-0.2, 0) is 9.59 Å².